The number of carbonyl (C=O) groups excluding carboxylic acids is 1. The molecule has 1 aliphatic heterocycles. The Morgan fingerprint density at radius 2 is 1.73 bits per heavy atom. The number of hydrogen-bond acceptors (Lipinski definition) is 5. The van der Waals surface area contributed by atoms with Gasteiger partial charge in [-0.05, 0) is 105 Å². The van der Waals surface area contributed by atoms with E-state index in [0.717, 1.165) is 40.8 Å². The number of thiol groups is 1. The van der Waals surface area contributed by atoms with Crippen molar-refractivity contribution >= 4 is 30.2 Å². The molecule has 0 bridgehead atoms. The van der Waals surface area contributed by atoms with Crippen LogP contribution in [-0.4, -0.2) is 23.3 Å². The quantitative estimate of drug-likeness (QED) is 0.295. The van der Waals surface area contributed by atoms with Gasteiger partial charge in [0.2, 0.25) is 0 Å². The van der Waals surface area contributed by atoms with Crippen molar-refractivity contribution in [1.82, 2.24) is 0 Å². The first kappa shape index (κ1) is 26.7. The van der Waals surface area contributed by atoms with Crippen LogP contribution in [0.3, 0.4) is 0 Å². The molecule has 2 amide bonds. The smallest absolute Gasteiger partial charge is 0.336 e. The van der Waals surface area contributed by atoms with Gasteiger partial charge in [-0.2, -0.15) is 0 Å². The lowest BCUT2D eigenvalue weighted by Crippen LogP contribution is -2.42. The molecule has 6 nitrogen and oxygen atoms in total. The maximum atomic E-state index is 12.7. The van der Waals surface area contributed by atoms with Crippen LogP contribution in [0, 0.1) is 20.8 Å². The number of rotatable bonds is 6. The number of aromatic hydroxyl groups is 1. The number of benzene rings is 3. The van der Waals surface area contributed by atoms with Crippen molar-refractivity contribution in [3.63, 3.8) is 0 Å². The Kier molecular flexibility index (Phi) is 7.64. The van der Waals surface area contributed by atoms with E-state index in [4.69, 9.17) is 9.47 Å². The second kappa shape index (κ2) is 10.6. The second-order valence-electron chi connectivity index (χ2n) is 10.4. The molecule has 2 N–H and O–H groups in total. The van der Waals surface area contributed by atoms with E-state index in [-0.39, 0.29) is 6.03 Å². The molecule has 1 aliphatic rings. The zero-order chi connectivity index (χ0) is 26.9. The van der Waals surface area contributed by atoms with Gasteiger partial charge in [0.1, 0.15) is 29.5 Å². The molecule has 4 rings (SSSR count). The van der Waals surface area contributed by atoms with Gasteiger partial charge >= 0.3 is 6.03 Å². The predicted molar refractivity (Wildman–Crippen MR) is 153 cm³/mol. The number of carbonyl (C=O) groups is 1. The first-order valence-corrected chi connectivity index (χ1v) is 13.0. The third-order valence-electron chi connectivity index (χ3n) is 7.24. The highest BCUT2D eigenvalue weighted by Gasteiger charge is 2.35. The van der Waals surface area contributed by atoms with E-state index in [1.807, 2.05) is 57.2 Å². The van der Waals surface area contributed by atoms with Gasteiger partial charge < -0.3 is 19.9 Å². The average Bonchev–Trinajstić information content (AvgIpc) is 2.89. The zero-order valence-corrected chi connectivity index (χ0v) is 23.3. The number of amides is 2. The Labute approximate surface area is 225 Å². The highest BCUT2D eigenvalue weighted by Crippen LogP contribution is 2.43. The van der Waals surface area contributed by atoms with E-state index in [2.05, 4.69) is 38.9 Å². The van der Waals surface area contributed by atoms with Crippen molar-refractivity contribution in [1.29, 1.82) is 0 Å². The van der Waals surface area contributed by atoms with E-state index >= 15 is 0 Å². The van der Waals surface area contributed by atoms with Crippen molar-refractivity contribution in [3.8, 4) is 17.2 Å². The monoisotopic (exact) mass is 520 g/mol. The number of nitrogens with one attached hydrogen (secondary N) is 1. The topological polar surface area (TPSA) is 71.0 Å². The number of nitrogens with zero attached hydrogens (tertiary/aromatic N) is 1. The van der Waals surface area contributed by atoms with Crippen LogP contribution in [0.2, 0.25) is 0 Å². The third-order valence-corrected chi connectivity index (χ3v) is 7.65. The minimum Gasteiger partial charge on any atom is -0.507 e. The van der Waals surface area contributed by atoms with E-state index in [9.17, 15) is 9.90 Å². The molecule has 1 unspecified atom stereocenters. The Balaban J connectivity index is 1.37. The third kappa shape index (κ3) is 5.67. The molecular formula is C30H36N2O4S. The molecule has 1 heterocycles. The largest absolute Gasteiger partial charge is 0.507 e. The van der Waals surface area contributed by atoms with Crippen LogP contribution in [-0.2, 0) is 6.42 Å². The molecule has 0 aliphatic carbocycles. The summed E-state index contributed by atoms with van der Waals surface area (Å²) in [5.74, 6) is 2.33. The summed E-state index contributed by atoms with van der Waals surface area (Å²) in [7, 11) is 0. The van der Waals surface area contributed by atoms with E-state index < -0.39 is 5.60 Å². The van der Waals surface area contributed by atoms with Crippen molar-refractivity contribution < 1.29 is 19.4 Å². The van der Waals surface area contributed by atoms with E-state index in [1.165, 1.54) is 9.87 Å². The molecule has 7 heteroatoms. The van der Waals surface area contributed by atoms with Crippen molar-refractivity contribution in [2.24, 2.45) is 0 Å². The molecule has 1 atom stereocenters. The number of ether oxygens (including phenoxy) is 2. The number of urea groups is 1. The van der Waals surface area contributed by atoms with Gasteiger partial charge in [0, 0.05) is 11.3 Å². The van der Waals surface area contributed by atoms with Gasteiger partial charge in [0.15, 0.2) is 0 Å². The molecular weight excluding hydrogens is 484 g/mol. The van der Waals surface area contributed by atoms with Crippen LogP contribution in [0.1, 0.15) is 60.9 Å². The maximum absolute atomic E-state index is 12.7. The summed E-state index contributed by atoms with van der Waals surface area (Å²) in [5.41, 5.74) is 5.85. The lowest BCUT2D eigenvalue weighted by molar-refractivity contribution is 0.0166. The highest BCUT2D eigenvalue weighted by molar-refractivity contribution is 7.82. The standard InChI is InChI=1S/C30H36N2O4S/c1-18(2)22-7-9-23(10-8-22)31-29(34)32(37)24-11-13-25(14-12-24)35-17-30(6)16-15-26-21(5)27(33)19(3)20(4)28(26)36-30/h7-14,18,33,37H,15-17H2,1-6H3,(H,31,34). The van der Waals surface area contributed by atoms with Crippen LogP contribution in [0.5, 0.6) is 17.2 Å². The zero-order valence-electron chi connectivity index (χ0n) is 22.4. The number of phenolic OH excluding ortho intramolecular Hbond substituents is 1. The van der Waals surface area contributed by atoms with Crippen LogP contribution in [0.4, 0.5) is 16.2 Å². The molecule has 0 spiro atoms. The molecule has 37 heavy (non-hydrogen) atoms. The van der Waals surface area contributed by atoms with Gasteiger partial charge in [0.25, 0.3) is 0 Å². The molecule has 0 radical (unpaired) electrons. The Bertz CT molecular complexity index is 1290. The fraction of sp³-hybridized carbons (Fsp3) is 0.367. The van der Waals surface area contributed by atoms with Gasteiger partial charge in [-0.3, -0.25) is 0 Å². The highest BCUT2D eigenvalue weighted by atomic mass is 32.1. The number of fused-ring (bicyclic) bond motifs is 1. The normalized spacial score (nSPS) is 16.6. The molecule has 3 aromatic carbocycles. The van der Waals surface area contributed by atoms with Crippen molar-refractivity contribution in [2.75, 3.05) is 16.2 Å². The summed E-state index contributed by atoms with van der Waals surface area (Å²) in [5, 5.41) is 13.3. The Morgan fingerprint density at radius 1 is 1.08 bits per heavy atom. The van der Waals surface area contributed by atoms with Crippen LogP contribution < -0.4 is 19.1 Å². The average molecular weight is 521 g/mol. The van der Waals surface area contributed by atoms with Gasteiger partial charge in [0.05, 0.1) is 5.69 Å². The molecule has 3 aromatic rings. The second-order valence-corrected chi connectivity index (χ2v) is 10.8. The first-order chi connectivity index (χ1) is 17.5. The first-order valence-electron chi connectivity index (χ1n) is 12.6. The summed E-state index contributed by atoms with van der Waals surface area (Å²) in [6.45, 7) is 12.5. The maximum Gasteiger partial charge on any atom is 0.336 e. The summed E-state index contributed by atoms with van der Waals surface area (Å²) in [6.07, 6.45) is 1.60. The van der Waals surface area contributed by atoms with Crippen molar-refractivity contribution in [2.45, 2.75) is 65.9 Å². The Hall–Kier alpha value is -3.32. The number of phenols is 1. The van der Waals surface area contributed by atoms with Crippen LogP contribution >= 0.6 is 12.8 Å². The lowest BCUT2D eigenvalue weighted by Gasteiger charge is -2.37. The lowest BCUT2D eigenvalue weighted by atomic mass is 9.87. The summed E-state index contributed by atoms with van der Waals surface area (Å²) in [6, 6.07) is 14.7. The molecule has 0 saturated heterocycles. The SMILES string of the molecule is Cc1c(C)c2c(c(C)c1O)CCC(C)(COc1ccc(N(S)C(=O)Nc3ccc(C(C)C)cc3)cc1)O2. The number of anilines is 2. The summed E-state index contributed by atoms with van der Waals surface area (Å²) >= 11 is 4.38. The van der Waals surface area contributed by atoms with E-state index in [0.29, 0.717) is 35.4 Å². The number of hydrogen-bond donors (Lipinski definition) is 3. The molecule has 0 fully saturated rings. The van der Waals surface area contributed by atoms with Crippen LogP contribution in [0.15, 0.2) is 48.5 Å². The van der Waals surface area contributed by atoms with Gasteiger partial charge in [-0.15, -0.1) is 0 Å². The van der Waals surface area contributed by atoms with Gasteiger partial charge in [-0.25, -0.2) is 9.10 Å². The molecule has 0 saturated carbocycles. The van der Waals surface area contributed by atoms with Crippen LogP contribution in [0.25, 0.3) is 0 Å². The summed E-state index contributed by atoms with van der Waals surface area (Å²) in [4.78, 5) is 12.7. The minimum absolute atomic E-state index is 0.344. The fourth-order valence-electron chi connectivity index (χ4n) is 4.56. The van der Waals surface area contributed by atoms with Crippen molar-refractivity contribution in [3.05, 3.63) is 76.3 Å². The van der Waals surface area contributed by atoms with E-state index in [1.54, 1.807) is 12.1 Å². The Morgan fingerprint density at radius 3 is 2.35 bits per heavy atom. The molecule has 196 valence electrons. The predicted octanol–water partition coefficient (Wildman–Crippen LogP) is 7.49. The fourth-order valence-corrected chi connectivity index (χ4v) is 4.74. The molecule has 0 aromatic heterocycles. The van der Waals surface area contributed by atoms with Gasteiger partial charge in [-0.1, -0.05) is 38.8 Å². The minimum atomic E-state index is -0.493. The summed E-state index contributed by atoms with van der Waals surface area (Å²) < 4.78 is 13.8.